The molecule has 3 amide bonds. The SMILES string of the molecule is O=C(NC1CCCCC1)c1ccc(NC2=C(Cl)C(=O)N(c3ccc(Cl)c(Cl)c3)C2=O)cc1. The molecule has 2 N–H and O–H groups in total. The number of anilines is 2. The summed E-state index contributed by atoms with van der Waals surface area (Å²) in [5, 5.41) is 6.24. The fraction of sp³-hybridized carbons (Fsp3) is 0.261. The van der Waals surface area contributed by atoms with Gasteiger partial charge in [0.05, 0.1) is 15.7 Å². The number of halogens is 3. The molecule has 0 aromatic heterocycles. The number of rotatable bonds is 5. The first-order valence-corrected chi connectivity index (χ1v) is 11.4. The van der Waals surface area contributed by atoms with E-state index < -0.39 is 11.8 Å². The van der Waals surface area contributed by atoms with Crippen LogP contribution < -0.4 is 15.5 Å². The van der Waals surface area contributed by atoms with Crippen molar-refractivity contribution in [1.82, 2.24) is 5.32 Å². The molecule has 6 nitrogen and oxygen atoms in total. The molecule has 0 spiro atoms. The van der Waals surface area contributed by atoms with Gasteiger partial charge in [-0.25, -0.2) is 4.90 Å². The molecule has 1 saturated carbocycles. The van der Waals surface area contributed by atoms with Crippen LogP contribution in [0.5, 0.6) is 0 Å². The van der Waals surface area contributed by atoms with Gasteiger partial charge in [-0.2, -0.15) is 0 Å². The third-order valence-corrected chi connectivity index (χ3v) is 6.64. The van der Waals surface area contributed by atoms with Crippen molar-refractivity contribution in [3.05, 3.63) is 68.8 Å². The summed E-state index contributed by atoms with van der Waals surface area (Å²) in [7, 11) is 0. The predicted octanol–water partition coefficient (Wildman–Crippen LogP) is 5.49. The Morgan fingerprint density at radius 3 is 2.22 bits per heavy atom. The van der Waals surface area contributed by atoms with E-state index in [0.717, 1.165) is 30.6 Å². The van der Waals surface area contributed by atoms with Crippen LogP contribution in [0.15, 0.2) is 53.2 Å². The molecule has 9 heteroatoms. The number of amides is 3. The number of hydrogen-bond donors (Lipinski definition) is 2. The fourth-order valence-electron chi connectivity index (χ4n) is 3.83. The van der Waals surface area contributed by atoms with Crippen molar-refractivity contribution in [1.29, 1.82) is 0 Å². The Morgan fingerprint density at radius 2 is 1.56 bits per heavy atom. The second-order valence-corrected chi connectivity index (χ2v) is 8.94. The summed E-state index contributed by atoms with van der Waals surface area (Å²) in [5.74, 6) is -1.41. The third kappa shape index (κ3) is 4.63. The lowest BCUT2D eigenvalue weighted by Gasteiger charge is -2.22. The zero-order valence-corrected chi connectivity index (χ0v) is 19.2. The molecule has 1 fully saturated rings. The average molecular weight is 493 g/mol. The quantitative estimate of drug-likeness (QED) is 0.541. The summed E-state index contributed by atoms with van der Waals surface area (Å²) in [6.07, 6.45) is 5.49. The second-order valence-electron chi connectivity index (χ2n) is 7.74. The molecule has 2 aromatic rings. The molecular formula is C23H20Cl3N3O3. The van der Waals surface area contributed by atoms with E-state index in [9.17, 15) is 14.4 Å². The lowest BCUT2D eigenvalue weighted by Crippen LogP contribution is -2.36. The van der Waals surface area contributed by atoms with Gasteiger partial charge < -0.3 is 10.6 Å². The van der Waals surface area contributed by atoms with Crippen LogP contribution in [0.4, 0.5) is 11.4 Å². The molecule has 0 unspecified atom stereocenters. The Hall–Kier alpha value is -2.54. The van der Waals surface area contributed by atoms with Gasteiger partial charge in [0, 0.05) is 17.3 Å². The van der Waals surface area contributed by atoms with Gasteiger partial charge in [0.15, 0.2) is 0 Å². The first-order chi connectivity index (χ1) is 15.3. The topological polar surface area (TPSA) is 78.5 Å². The summed E-state index contributed by atoms with van der Waals surface area (Å²) in [6.45, 7) is 0. The van der Waals surface area contributed by atoms with Gasteiger partial charge in [0.25, 0.3) is 17.7 Å². The van der Waals surface area contributed by atoms with Gasteiger partial charge in [0.1, 0.15) is 10.7 Å². The Morgan fingerprint density at radius 1 is 0.875 bits per heavy atom. The van der Waals surface area contributed by atoms with Gasteiger partial charge >= 0.3 is 0 Å². The van der Waals surface area contributed by atoms with Crippen LogP contribution in [0.1, 0.15) is 42.5 Å². The molecule has 32 heavy (non-hydrogen) atoms. The zero-order valence-electron chi connectivity index (χ0n) is 17.0. The molecule has 1 aliphatic carbocycles. The highest BCUT2D eigenvalue weighted by atomic mass is 35.5. The van der Waals surface area contributed by atoms with Crippen molar-refractivity contribution >= 4 is 63.9 Å². The van der Waals surface area contributed by atoms with E-state index in [2.05, 4.69) is 10.6 Å². The summed E-state index contributed by atoms with van der Waals surface area (Å²) < 4.78 is 0. The monoisotopic (exact) mass is 491 g/mol. The predicted molar refractivity (Wildman–Crippen MR) is 126 cm³/mol. The average Bonchev–Trinajstić information content (AvgIpc) is 3.00. The zero-order chi connectivity index (χ0) is 22.8. The van der Waals surface area contributed by atoms with Crippen molar-refractivity contribution in [2.75, 3.05) is 10.2 Å². The van der Waals surface area contributed by atoms with Crippen LogP contribution in [0.2, 0.25) is 10.0 Å². The van der Waals surface area contributed by atoms with E-state index in [4.69, 9.17) is 34.8 Å². The number of nitrogens with one attached hydrogen (secondary N) is 2. The minimum Gasteiger partial charge on any atom is -0.350 e. The highest BCUT2D eigenvalue weighted by Gasteiger charge is 2.39. The van der Waals surface area contributed by atoms with E-state index in [0.29, 0.717) is 16.3 Å². The van der Waals surface area contributed by atoms with E-state index >= 15 is 0 Å². The smallest absolute Gasteiger partial charge is 0.283 e. The second kappa shape index (κ2) is 9.53. The van der Waals surface area contributed by atoms with Gasteiger partial charge in [-0.15, -0.1) is 0 Å². The summed E-state index contributed by atoms with van der Waals surface area (Å²) in [4.78, 5) is 38.9. The molecule has 2 aliphatic rings. The molecule has 0 atom stereocenters. The molecule has 1 heterocycles. The number of imide groups is 1. The van der Waals surface area contributed by atoms with Crippen molar-refractivity contribution in [3.63, 3.8) is 0 Å². The number of carbonyl (C=O) groups excluding carboxylic acids is 3. The maximum Gasteiger partial charge on any atom is 0.283 e. The normalized spacial score (nSPS) is 17.2. The van der Waals surface area contributed by atoms with Crippen LogP contribution >= 0.6 is 34.8 Å². The Kier molecular flexibility index (Phi) is 6.74. The minimum atomic E-state index is -0.666. The molecule has 1 aliphatic heterocycles. The van der Waals surface area contributed by atoms with Crippen molar-refractivity contribution in [2.24, 2.45) is 0 Å². The Bertz CT molecular complexity index is 1110. The molecule has 2 aromatic carbocycles. The van der Waals surface area contributed by atoms with Crippen LogP contribution in [-0.4, -0.2) is 23.8 Å². The largest absolute Gasteiger partial charge is 0.350 e. The van der Waals surface area contributed by atoms with Crippen LogP contribution in [0.3, 0.4) is 0 Å². The lowest BCUT2D eigenvalue weighted by molar-refractivity contribution is -0.120. The molecule has 166 valence electrons. The van der Waals surface area contributed by atoms with Crippen molar-refractivity contribution < 1.29 is 14.4 Å². The van der Waals surface area contributed by atoms with Crippen molar-refractivity contribution in [2.45, 2.75) is 38.1 Å². The lowest BCUT2D eigenvalue weighted by atomic mass is 9.95. The molecule has 0 bridgehead atoms. The van der Waals surface area contributed by atoms with Crippen LogP contribution in [-0.2, 0) is 9.59 Å². The first-order valence-electron chi connectivity index (χ1n) is 10.3. The van der Waals surface area contributed by atoms with E-state index in [-0.39, 0.29) is 33.4 Å². The number of benzene rings is 2. The van der Waals surface area contributed by atoms with E-state index in [1.807, 2.05) is 0 Å². The summed E-state index contributed by atoms with van der Waals surface area (Å²) in [5.41, 5.74) is 1.25. The third-order valence-electron chi connectivity index (χ3n) is 5.55. The van der Waals surface area contributed by atoms with E-state index in [1.165, 1.54) is 24.6 Å². The van der Waals surface area contributed by atoms with Gasteiger partial charge in [-0.05, 0) is 55.3 Å². The number of hydrogen-bond acceptors (Lipinski definition) is 4. The number of carbonyl (C=O) groups is 3. The van der Waals surface area contributed by atoms with Crippen molar-refractivity contribution in [3.8, 4) is 0 Å². The highest BCUT2D eigenvalue weighted by molar-refractivity contribution is 6.53. The van der Waals surface area contributed by atoms with Crippen LogP contribution in [0.25, 0.3) is 0 Å². The number of nitrogens with zero attached hydrogens (tertiary/aromatic N) is 1. The maximum atomic E-state index is 12.9. The first kappa shape index (κ1) is 22.6. The van der Waals surface area contributed by atoms with Gasteiger partial charge in [-0.3, -0.25) is 14.4 Å². The summed E-state index contributed by atoms with van der Waals surface area (Å²) >= 11 is 18.1. The standard InChI is InChI=1S/C23H20Cl3N3O3/c24-17-11-10-16(12-18(17)25)29-22(31)19(26)20(23(29)32)27-15-8-6-13(7-9-15)21(30)28-14-4-2-1-3-5-14/h6-12,14,27H,1-5H2,(H,28,30). The minimum absolute atomic E-state index is 0.0536. The molecule has 4 rings (SSSR count). The summed E-state index contributed by atoms with van der Waals surface area (Å²) in [6, 6.07) is 11.3. The molecule has 0 radical (unpaired) electrons. The maximum absolute atomic E-state index is 12.9. The highest BCUT2D eigenvalue weighted by Crippen LogP contribution is 2.33. The molecular weight excluding hydrogens is 473 g/mol. The molecule has 0 saturated heterocycles. The van der Waals surface area contributed by atoms with Gasteiger partial charge in [-0.1, -0.05) is 54.1 Å². The van der Waals surface area contributed by atoms with E-state index in [1.54, 1.807) is 24.3 Å². The van der Waals surface area contributed by atoms with Crippen LogP contribution in [0, 0.1) is 0 Å². The Labute approximate surface area is 200 Å². The fourth-order valence-corrected chi connectivity index (χ4v) is 4.34. The Balaban J connectivity index is 1.46. The van der Waals surface area contributed by atoms with Gasteiger partial charge in [0.2, 0.25) is 0 Å².